The molecule has 41 heavy (non-hydrogen) atoms. The summed E-state index contributed by atoms with van der Waals surface area (Å²) in [6.07, 6.45) is -17.1. The number of Topliss-reactive ketones (excluding diaryl/α,β-unsaturated/α-hetero) is 1. The number of carbonyl (C=O) groups is 2. The lowest BCUT2D eigenvalue weighted by Gasteiger charge is -2.19. The summed E-state index contributed by atoms with van der Waals surface area (Å²) in [6.45, 7) is -2.61. The van der Waals surface area contributed by atoms with Gasteiger partial charge in [0, 0.05) is 17.5 Å². The molecule has 0 saturated carbocycles. The average molecular weight is 611 g/mol. The van der Waals surface area contributed by atoms with Gasteiger partial charge in [-0.1, -0.05) is 12.1 Å². The minimum absolute atomic E-state index is 0.0404. The van der Waals surface area contributed by atoms with Gasteiger partial charge in [0.2, 0.25) is 0 Å². The molecule has 224 valence electrons. The Kier molecular flexibility index (Phi) is 8.81. The number of nitrogens with zero attached hydrogens (tertiary/aromatic N) is 1. The first-order chi connectivity index (χ1) is 18.7. The molecule has 1 heterocycles. The zero-order chi connectivity index (χ0) is 31.1. The average Bonchev–Trinajstić information content (AvgIpc) is 3.16. The molecule has 1 aliphatic heterocycles. The highest BCUT2D eigenvalue weighted by Crippen LogP contribution is 2.41. The van der Waals surface area contributed by atoms with Crippen LogP contribution in [0.3, 0.4) is 0 Å². The Morgan fingerprint density at radius 3 is 2.07 bits per heavy atom. The van der Waals surface area contributed by atoms with Gasteiger partial charge in [-0.25, -0.2) is 22.6 Å². The van der Waals surface area contributed by atoms with Crippen molar-refractivity contribution in [2.24, 2.45) is 5.92 Å². The van der Waals surface area contributed by atoms with E-state index in [1.165, 1.54) is 0 Å². The van der Waals surface area contributed by atoms with Crippen molar-refractivity contribution in [3.05, 3.63) is 76.1 Å². The first-order valence-corrected chi connectivity index (χ1v) is 11.0. The van der Waals surface area contributed by atoms with E-state index in [4.69, 9.17) is 0 Å². The Hall–Kier alpha value is -3.63. The van der Waals surface area contributed by atoms with Gasteiger partial charge in [0.1, 0.15) is 18.3 Å². The third-order valence-electron chi connectivity index (χ3n) is 5.71. The van der Waals surface area contributed by atoms with Crippen molar-refractivity contribution in [1.29, 1.82) is 0 Å². The Morgan fingerprint density at radius 2 is 1.56 bits per heavy atom. The second-order valence-corrected chi connectivity index (χ2v) is 8.70. The smallest absolute Gasteiger partial charge is 0.294 e. The van der Waals surface area contributed by atoms with Gasteiger partial charge in [-0.05, 0) is 29.8 Å². The van der Waals surface area contributed by atoms with Crippen LogP contribution in [0.15, 0.2) is 36.4 Å². The molecule has 17 heteroatoms. The van der Waals surface area contributed by atoms with E-state index >= 15 is 0 Å². The van der Waals surface area contributed by atoms with Gasteiger partial charge >= 0.3 is 18.5 Å². The quantitative estimate of drug-likeness (QED) is 0.188. The lowest BCUT2D eigenvalue weighted by molar-refractivity contribution is -0.214. The number of hydroxylamine groups is 2. The summed E-state index contributed by atoms with van der Waals surface area (Å²) >= 11 is 0. The van der Waals surface area contributed by atoms with Crippen LogP contribution in [0.1, 0.15) is 39.4 Å². The molecule has 1 amide bonds. The molecule has 1 fully saturated rings. The Morgan fingerprint density at radius 1 is 0.976 bits per heavy atom. The Balaban J connectivity index is 1.95. The van der Waals surface area contributed by atoms with Crippen LogP contribution in [-0.2, 0) is 15.8 Å². The van der Waals surface area contributed by atoms with E-state index < -0.39 is 107 Å². The van der Waals surface area contributed by atoms with Crippen LogP contribution in [-0.4, -0.2) is 42.3 Å². The maximum Gasteiger partial charge on any atom is 0.417 e. The van der Waals surface area contributed by atoms with Crippen LogP contribution in [0, 0.1) is 23.4 Å². The van der Waals surface area contributed by atoms with Crippen molar-refractivity contribution in [1.82, 2.24) is 5.06 Å². The summed E-state index contributed by atoms with van der Waals surface area (Å²) in [7, 11) is 0. The number of halogens is 13. The number of rotatable bonds is 7. The highest BCUT2D eigenvalue weighted by atomic mass is 19.4. The molecule has 0 aliphatic carbocycles. The first-order valence-electron chi connectivity index (χ1n) is 11.0. The first kappa shape index (κ1) is 31.9. The van der Waals surface area contributed by atoms with Crippen LogP contribution in [0.2, 0.25) is 0 Å². The number of amides is 1. The maximum atomic E-state index is 14.8. The van der Waals surface area contributed by atoms with E-state index in [0.717, 1.165) is 0 Å². The maximum absolute atomic E-state index is 14.8. The van der Waals surface area contributed by atoms with Crippen molar-refractivity contribution < 1.29 is 71.5 Å². The van der Waals surface area contributed by atoms with Gasteiger partial charge in [0.25, 0.3) is 5.91 Å². The summed E-state index contributed by atoms with van der Waals surface area (Å²) in [6, 6.07) is 0.652. The van der Waals surface area contributed by atoms with E-state index in [1.54, 1.807) is 0 Å². The minimum atomic E-state index is -5.45. The molecule has 0 spiro atoms. The highest BCUT2D eigenvalue weighted by molar-refractivity contribution is 6.00. The molecule has 1 unspecified atom stereocenters. The Bertz CT molecular complexity index is 1340. The van der Waals surface area contributed by atoms with E-state index in [0.29, 0.717) is 12.1 Å². The van der Waals surface area contributed by atoms with Crippen LogP contribution < -0.4 is 0 Å². The number of benzene rings is 2. The predicted molar refractivity (Wildman–Crippen MR) is 112 cm³/mol. The van der Waals surface area contributed by atoms with E-state index in [9.17, 15) is 66.7 Å². The molecular weight excluding hydrogens is 597 g/mol. The number of allylic oxidation sites excluding steroid dienone is 1. The number of alkyl halides is 9. The van der Waals surface area contributed by atoms with Gasteiger partial charge < -0.3 is 0 Å². The predicted octanol–water partition coefficient (Wildman–Crippen LogP) is 7.30. The van der Waals surface area contributed by atoms with Crippen molar-refractivity contribution in [2.75, 3.05) is 13.2 Å². The van der Waals surface area contributed by atoms with Crippen LogP contribution >= 0.6 is 0 Å². The van der Waals surface area contributed by atoms with Crippen molar-refractivity contribution in [3.8, 4) is 0 Å². The summed E-state index contributed by atoms with van der Waals surface area (Å²) in [5.74, 6) is -15.7. The third-order valence-corrected chi connectivity index (χ3v) is 5.71. The number of carbonyl (C=O) groups excluding carboxylic acids is 2. The number of ketones is 1. The lowest BCUT2D eigenvalue weighted by Crippen LogP contribution is -2.35. The molecule has 1 aliphatic rings. The molecule has 0 radical (unpaired) electrons. The van der Waals surface area contributed by atoms with Crippen molar-refractivity contribution in [3.63, 3.8) is 0 Å². The van der Waals surface area contributed by atoms with Gasteiger partial charge in [0.05, 0.1) is 18.1 Å². The molecule has 1 saturated heterocycles. The fraction of sp³-hybridized carbons (Fsp3) is 0.333. The highest BCUT2D eigenvalue weighted by Gasteiger charge is 2.43. The van der Waals surface area contributed by atoms with E-state index in [2.05, 4.69) is 4.84 Å². The van der Waals surface area contributed by atoms with Crippen LogP contribution in [0.5, 0.6) is 0 Å². The third kappa shape index (κ3) is 7.56. The van der Waals surface area contributed by atoms with Crippen LogP contribution in [0.25, 0.3) is 5.83 Å². The van der Waals surface area contributed by atoms with Gasteiger partial charge in [0.15, 0.2) is 23.2 Å². The molecule has 4 nitrogen and oxygen atoms in total. The summed E-state index contributed by atoms with van der Waals surface area (Å²) in [5.41, 5.74) is -5.49. The minimum Gasteiger partial charge on any atom is -0.294 e. The monoisotopic (exact) mass is 611 g/mol. The number of hydrogen-bond donors (Lipinski definition) is 0. The molecule has 0 aromatic heterocycles. The molecule has 3 rings (SSSR count). The SMILES string of the molecule is O=C(C[C@@H]1CON(CC(F)(F)F)C1=O)c1ccc(/C(F)=C/C(c2cc(F)c(F)c(F)c2)C(F)(F)F)cc1C(F)(F)F. The summed E-state index contributed by atoms with van der Waals surface area (Å²) in [5, 5.41) is -0.109. The standard InChI is InChI=1S/C24H14F13NO3/c25-16(7-14(23(32,33)34)11-4-17(26)20(28)18(27)5-11)10-1-2-13(15(3-10)24(35,36)37)19(39)6-12-8-41-38(21(12)40)9-22(29,30)31/h1-5,7,12,14H,6,8-9H2/b16-7-/t12-,14?/m1/s1. The fourth-order valence-electron chi connectivity index (χ4n) is 3.83. The second kappa shape index (κ2) is 11.3. The normalized spacial score (nSPS) is 17.8. The second-order valence-electron chi connectivity index (χ2n) is 8.70. The van der Waals surface area contributed by atoms with Gasteiger partial charge in [-0.2, -0.15) is 39.5 Å². The largest absolute Gasteiger partial charge is 0.417 e. The zero-order valence-corrected chi connectivity index (χ0v) is 19.8. The summed E-state index contributed by atoms with van der Waals surface area (Å²) in [4.78, 5) is 29.1. The molecular formula is C24H14F13NO3. The van der Waals surface area contributed by atoms with Gasteiger partial charge in [-0.3, -0.25) is 14.4 Å². The Labute approximate surface area is 220 Å². The zero-order valence-electron chi connectivity index (χ0n) is 19.8. The topological polar surface area (TPSA) is 46.6 Å². The molecule has 2 aromatic carbocycles. The molecule has 2 atom stereocenters. The van der Waals surface area contributed by atoms with Crippen molar-refractivity contribution in [2.45, 2.75) is 30.9 Å². The fourth-order valence-corrected chi connectivity index (χ4v) is 3.83. The van der Waals surface area contributed by atoms with Gasteiger partial charge in [-0.15, -0.1) is 0 Å². The van der Waals surface area contributed by atoms with E-state index in [1.807, 2.05) is 0 Å². The van der Waals surface area contributed by atoms with E-state index in [-0.39, 0.29) is 29.3 Å². The molecule has 2 aromatic rings. The molecule has 0 bridgehead atoms. The summed E-state index contributed by atoms with van der Waals surface area (Å²) < 4.78 is 174. The van der Waals surface area contributed by atoms with Crippen LogP contribution in [0.4, 0.5) is 57.1 Å². The number of hydrogen-bond acceptors (Lipinski definition) is 3. The van der Waals surface area contributed by atoms with Crippen molar-refractivity contribution >= 4 is 17.5 Å². The molecule has 0 N–H and O–H groups in total. The lowest BCUT2D eigenvalue weighted by atomic mass is 9.92.